The molecule has 0 aromatic carbocycles. The SMILES string of the molecule is CCOCC(=O)N1CCC2(CC1)CN(S(C)(=O)=O)C[C@H]2COC. The van der Waals surface area contributed by atoms with Crippen LogP contribution in [0.2, 0.25) is 0 Å². The van der Waals surface area contributed by atoms with E-state index in [-0.39, 0.29) is 23.8 Å². The molecule has 0 unspecified atom stereocenters. The van der Waals surface area contributed by atoms with E-state index in [4.69, 9.17) is 9.47 Å². The Hall–Kier alpha value is -0.700. The van der Waals surface area contributed by atoms with Gasteiger partial charge < -0.3 is 14.4 Å². The summed E-state index contributed by atoms with van der Waals surface area (Å²) >= 11 is 0. The molecule has 2 fully saturated rings. The molecule has 0 N–H and O–H groups in total. The van der Waals surface area contributed by atoms with Crippen LogP contribution in [0, 0.1) is 11.3 Å². The van der Waals surface area contributed by atoms with Crippen LogP contribution in [0.25, 0.3) is 0 Å². The fourth-order valence-corrected chi connectivity index (χ4v) is 4.66. The van der Waals surface area contributed by atoms with Gasteiger partial charge >= 0.3 is 0 Å². The second-order valence-corrected chi connectivity index (χ2v) is 8.57. The number of amides is 1. The lowest BCUT2D eigenvalue weighted by Gasteiger charge is -2.42. The normalized spacial score (nSPS) is 25.2. The summed E-state index contributed by atoms with van der Waals surface area (Å²) in [7, 11) is -1.54. The number of piperidine rings is 1. The van der Waals surface area contributed by atoms with Crippen molar-refractivity contribution in [2.75, 3.05) is 59.4 Å². The maximum atomic E-state index is 12.1. The average molecular weight is 348 g/mol. The van der Waals surface area contributed by atoms with E-state index in [0.717, 1.165) is 12.8 Å². The molecule has 2 aliphatic rings. The van der Waals surface area contributed by atoms with Gasteiger partial charge in [-0.3, -0.25) is 4.79 Å². The predicted octanol–water partition coefficient (Wildman–Crippen LogP) is 0.170. The zero-order valence-electron chi connectivity index (χ0n) is 14.3. The Balaban J connectivity index is 2.03. The molecular formula is C15H28N2O5S. The van der Waals surface area contributed by atoms with Gasteiger partial charge in [0.15, 0.2) is 0 Å². The van der Waals surface area contributed by atoms with E-state index in [1.807, 2.05) is 11.8 Å². The van der Waals surface area contributed by atoms with Gasteiger partial charge in [-0.2, -0.15) is 0 Å². The van der Waals surface area contributed by atoms with E-state index in [1.165, 1.54) is 6.26 Å². The standard InChI is InChI=1S/C15H28N2O5S/c1-4-22-11-14(18)16-7-5-15(6-8-16)12-17(23(3,19)20)9-13(15)10-21-2/h13H,4-12H2,1-3H3/t13-/m0/s1. The van der Waals surface area contributed by atoms with Crippen LogP contribution >= 0.6 is 0 Å². The highest BCUT2D eigenvalue weighted by Gasteiger charge is 2.50. The topological polar surface area (TPSA) is 76.2 Å². The third-order valence-electron chi connectivity index (χ3n) is 5.16. The predicted molar refractivity (Wildman–Crippen MR) is 86.5 cm³/mol. The van der Waals surface area contributed by atoms with Crippen LogP contribution in [0.4, 0.5) is 0 Å². The average Bonchev–Trinajstić information content (AvgIpc) is 2.85. The molecule has 134 valence electrons. The Morgan fingerprint density at radius 1 is 1.30 bits per heavy atom. The molecule has 2 rings (SSSR count). The second kappa shape index (κ2) is 7.46. The van der Waals surface area contributed by atoms with Crippen LogP contribution in [0.3, 0.4) is 0 Å². The molecule has 2 aliphatic heterocycles. The van der Waals surface area contributed by atoms with Crippen LogP contribution in [-0.4, -0.2) is 82.9 Å². The fraction of sp³-hybridized carbons (Fsp3) is 0.933. The van der Waals surface area contributed by atoms with Gasteiger partial charge in [0.05, 0.1) is 12.9 Å². The van der Waals surface area contributed by atoms with Gasteiger partial charge in [-0.1, -0.05) is 0 Å². The highest BCUT2D eigenvalue weighted by Crippen LogP contribution is 2.45. The first-order chi connectivity index (χ1) is 10.8. The van der Waals surface area contributed by atoms with Crippen LogP contribution < -0.4 is 0 Å². The summed E-state index contributed by atoms with van der Waals surface area (Å²) < 4.78 is 35.9. The summed E-state index contributed by atoms with van der Waals surface area (Å²) in [5, 5.41) is 0. The van der Waals surface area contributed by atoms with E-state index in [2.05, 4.69) is 0 Å². The number of hydrogen-bond acceptors (Lipinski definition) is 5. The van der Waals surface area contributed by atoms with Gasteiger partial charge in [0.1, 0.15) is 6.61 Å². The van der Waals surface area contributed by atoms with E-state index in [1.54, 1.807) is 11.4 Å². The molecule has 1 atom stereocenters. The summed E-state index contributed by atoms with van der Waals surface area (Å²) in [5.74, 6) is 0.203. The number of carbonyl (C=O) groups excluding carboxylic acids is 1. The molecule has 0 aromatic rings. The van der Waals surface area contributed by atoms with Gasteiger partial charge in [-0.05, 0) is 25.2 Å². The quantitative estimate of drug-likeness (QED) is 0.684. The molecule has 1 spiro atoms. The molecule has 23 heavy (non-hydrogen) atoms. The maximum Gasteiger partial charge on any atom is 0.248 e. The number of likely N-dealkylation sites (tertiary alicyclic amines) is 1. The van der Waals surface area contributed by atoms with Crippen LogP contribution in [0.5, 0.6) is 0 Å². The Labute approximate surface area is 139 Å². The minimum absolute atomic E-state index is 0.0166. The number of sulfonamides is 1. The first kappa shape index (κ1) is 18.6. The molecule has 7 nitrogen and oxygen atoms in total. The molecule has 0 aliphatic carbocycles. The molecule has 0 saturated carbocycles. The maximum absolute atomic E-state index is 12.1. The van der Waals surface area contributed by atoms with Crippen molar-refractivity contribution in [3.05, 3.63) is 0 Å². The number of nitrogens with zero attached hydrogens (tertiary/aromatic N) is 2. The monoisotopic (exact) mass is 348 g/mol. The molecule has 1 amide bonds. The number of ether oxygens (including phenoxy) is 2. The highest BCUT2D eigenvalue weighted by molar-refractivity contribution is 7.88. The van der Waals surface area contributed by atoms with Crippen molar-refractivity contribution in [1.29, 1.82) is 0 Å². The van der Waals surface area contributed by atoms with Crippen molar-refractivity contribution < 1.29 is 22.7 Å². The second-order valence-electron chi connectivity index (χ2n) is 6.59. The Morgan fingerprint density at radius 2 is 1.96 bits per heavy atom. The number of methoxy groups -OCH3 is 1. The molecule has 0 radical (unpaired) electrons. The van der Waals surface area contributed by atoms with Crippen molar-refractivity contribution in [3.63, 3.8) is 0 Å². The summed E-state index contributed by atoms with van der Waals surface area (Å²) in [5.41, 5.74) is -0.0819. The van der Waals surface area contributed by atoms with Gasteiger partial charge in [-0.25, -0.2) is 12.7 Å². The van der Waals surface area contributed by atoms with Gasteiger partial charge in [0.2, 0.25) is 15.9 Å². The molecule has 0 bridgehead atoms. The highest BCUT2D eigenvalue weighted by atomic mass is 32.2. The Bertz CT molecular complexity index is 514. The molecule has 2 saturated heterocycles. The summed E-state index contributed by atoms with van der Waals surface area (Å²) in [6, 6.07) is 0. The first-order valence-corrected chi connectivity index (χ1v) is 9.97. The van der Waals surface area contributed by atoms with E-state index >= 15 is 0 Å². The minimum Gasteiger partial charge on any atom is -0.384 e. The lowest BCUT2D eigenvalue weighted by Crippen LogP contribution is -2.48. The van der Waals surface area contributed by atoms with Crippen LogP contribution in [0.15, 0.2) is 0 Å². The molecule has 0 aromatic heterocycles. The zero-order valence-corrected chi connectivity index (χ0v) is 15.1. The first-order valence-electron chi connectivity index (χ1n) is 8.12. The number of rotatable bonds is 6. The fourth-order valence-electron chi connectivity index (χ4n) is 3.72. The smallest absolute Gasteiger partial charge is 0.248 e. The van der Waals surface area contributed by atoms with Crippen LogP contribution in [0.1, 0.15) is 19.8 Å². The largest absolute Gasteiger partial charge is 0.384 e. The third kappa shape index (κ3) is 4.23. The Morgan fingerprint density at radius 3 is 2.48 bits per heavy atom. The summed E-state index contributed by atoms with van der Waals surface area (Å²) in [4.78, 5) is 13.9. The van der Waals surface area contributed by atoms with Gasteiger partial charge in [-0.15, -0.1) is 0 Å². The Kier molecular flexibility index (Phi) is 6.05. The van der Waals surface area contributed by atoms with E-state index in [0.29, 0.717) is 39.4 Å². The van der Waals surface area contributed by atoms with E-state index < -0.39 is 10.0 Å². The van der Waals surface area contributed by atoms with Crippen LogP contribution in [-0.2, 0) is 24.3 Å². The van der Waals surface area contributed by atoms with Crippen molar-refractivity contribution in [2.24, 2.45) is 11.3 Å². The third-order valence-corrected chi connectivity index (χ3v) is 6.38. The van der Waals surface area contributed by atoms with E-state index in [9.17, 15) is 13.2 Å². The zero-order chi connectivity index (χ0) is 17.1. The molecular weight excluding hydrogens is 320 g/mol. The van der Waals surface area contributed by atoms with Crippen molar-refractivity contribution in [1.82, 2.24) is 9.21 Å². The summed E-state index contributed by atoms with van der Waals surface area (Å²) in [6.07, 6.45) is 2.88. The van der Waals surface area contributed by atoms with Gasteiger partial charge in [0.25, 0.3) is 0 Å². The number of hydrogen-bond donors (Lipinski definition) is 0. The van der Waals surface area contributed by atoms with Crippen molar-refractivity contribution in [3.8, 4) is 0 Å². The molecule has 8 heteroatoms. The van der Waals surface area contributed by atoms with Gasteiger partial charge in [0, 0.05) is 45.8 Å². The van der Waals surface area contributed by atoms with Crippen molar-refractivity contribution >= 4 is 15.9 Å². The minimum atomic E-state index is -3.19. The lowest BCUT2D eigenvalue weighted by molar-refractivity contribution is -0.138. The number of carbonyl (C=O) groups is 1. The summed E-state index contributed by atoms with van der Waals surface area (Å²) in [6.45, 7) is 5.44. The molecule has 2 heterocycles. The lowest BCUT2D eigenvalue weighted by atomic mass is 9.71. The van der Waals surface area contributed by atoms with Crippen molar-refractivity contribution in [2.45, 2.75) is 19.8 Å².